The molecule has 1 aromatic rings. The van der Waals surface area contributed by atoms with Gasteiger partial charge in [-0.1, -0.05) is 0 Å². The van der Waals surface area contributed by atoms with Crippen LogP contribution in [0.5, 0.6) is 5.75 Å². The first-order valence-electron chi connectivity index (χ1n) is 5.36. The molecule has 15 heavy (non-hydrogen) atoms. The fraction of sp³-hybridized carbons (Fsp3) is 0.417. The lowest BCUT2D eigenvalue weighted by molar-refractivity contribution is 0.303. The minimum absolute atomic E-state index is 0.481. The number of nitrogens with zero attached hydrogens (tertiary/aromatic N) is 1. The van der Waals surface area contributed by atoms with Crippen LogP contribution < -0.4 is 4.74 Å². The van der Waals surface area contributed by atoms with E-state index >= 15 is 0 Å². The topological polar surface area (TPSA) is 21.6 Å². The summed E-state index contributed by atoms with van der Waals surface area (Å²) in [5.74, 6) is 2.11. The van der Waals surface area contributed by atoms with Gasteiger partial charge >= 0.3 is 0 Å². The van der Waals surface area contributed by atoms with Crippen molar-refractivity contribution in [3.63, 3.8) is 0 Å². The van der Waals surface area contributed by atoms with Gasteiger partial charge in [-0.3, -0.25) is 4.99 Å². The van der Waals surface area contributed by atoms with Gasteiger partial charge in [0, 0.05) is 17.9 Å². The number of ether oxygens (including phenoxy) is 1. The van der Waals surface area contributed by atoms with Crippen molar-refractivity contribution in [3.05, 3.63) is 29.8 Å². The standard InChI is InChI=1S/C12H13NOS/c1-3-10(14-11-5-6-11)4-2-9(1)12-13-7-8-15-12/h1-4,11H,5-8H2. The third-order valence-electron chi connectivity index (χ3n) is 2.51. The van der Waals surface area contributed by atoms with Crippen molar-refractivity contribution < 1.29 is 4.74 Å². The fourth-order valence-electron chi connectivity index (χ4n) is 1.56. The highest BCUT2D eigenvalue weighted by molar-refractivity contribution is 8.14. The number of hydrogen-bond acceptors (Lipinski definition) is 3. The predicted molar refractivity (Wildman–Crippen MR) is 64.0 cm³/mol. The van der Waals surface area contributed by atoms with Crippen LogP contribution in [0, 0.1) is 0 Å². The second kappa shape index (κ2) is 3.89. The van der Waals surface area contributed by atoms with Gasteiger partial charge in [0.2, 0.25) is 0 Å². The summed E-state index contributed by atoms with van der Waals surface area (Å²) in [5, 5.41) is 1.17. The summed E-state index contributed by atoms with van der Waals surface area (Å²) in [6.45, 7) is 0.959. The molecule has 1 aromatic carbocycles. The lowest BCUT2D eigenvalue weighted by Gasteiger charge is -2.05. The average Bonchev–Trinajstić information content (AvgIpc) is 2.92. The van der Waals surface area contributed by atoms with E-state index in [0.29, 0.717) is 6.10 Å². The monoisotopic (exact) mass is 219 g/mol. The van der Waals surface area contributed by atoms with Gasteiger partial charge in [-0.05, 0) is 37.1 Å². The van der Waals surface area contributed by atoms with Gasteiger partial charge in [0.05, 0.1) is 11.1 Å². The van der Waals surface area contributed by atoms with E-state index in [2.05, 4.69) is 29.3 Å². The predicted octanol–water partition coefficient (Wildman–Crippen LogP) is 2.72. The average molecular weight is 219 g/mol. The molecule has 0 N–H and O–H groups in total. The first-order valence-corrected chi connectivity index (χ1v) is 6.35. The zero-order chi connectivity index (χ0) is 10.1. The van der Waals surface area contributed by atoms with Crippen LogP contribution in [0.1, 0.15) is 18.4 Å². The Morgan fingerprint density at radius 1 is 1.20 bits per heavy atom. The van der Waals surface area contributed by atoms with E-state index in [4.69, 9.17) is 4.74 Å². The molecule has 1 aliphatic heterocycles. The summed E-state index contributed by atoms with van der Waals surface area (Å²) >= 11 is 1.84. The van der Waals surface area contributed by atoms with Gasteiger partial charge in [-0.25, -0.2) is 0 Å². The molecule has 0 atom stereocenters. The molecule has 0 amide bonds. The number of rotatable bonds is 3. The number of aliphatic imine (C=N–C) groups is 1. The van der Waals surface area contributed by atoms with E-state index in [0.717, 1.165) is 18.0 Å². The van der Waals surface area contributed by atoms with Gasteiger partial charge in [-0.15, -0.1) is 11.8 Å². The van der Waals surface area contributed by atoms with Gasteiger partial charge < -0.3 is 4.74 Å². The highest BCUT2D eigenvalue weighted by Gasteiger charge is 2.23. The number of thioether (sulfide) groups is 1. The molecule has 0 spiro atoms. The summed E-state index contributed by atoms with van der Waals surface area (Å²) in [7, 11) is 0. The lowest BCUT2D eigenvalue weighted by Crippen LogP contribution is -1.97. The smallest absolute Gasteiger partial charge is 0.119 e. The molecular formula is C12H13NOS. The Bertz CT molecular complexity index is 381. The van der Waals surface area contributed by atoms with Gasteiger partial charge in [0.1, 0.15) is 5.75 Å². The van der Waals surface area contributed by atoms with Crippen LogP contribution in [0.2, 0.25) is 0 Å². The van der Waals surface area contributed by atoms with Crippen molar-refractivity contribution in [1.29, 1.82) is 0 Å². The molecule has 1 fully saturated rings. The summed E-state index contributed by atoms with van der Waals surface area (Å²) < 4.78 is 5.70. The van der Waals surface area contributed by atoms with E-state index in [-0.39, 0.29) is 0 Å². The Hall–Kier alpha value is -0.960. The Kier molecular flexibility index (Phi) is 2.41. The highest BCUT2D eigenvalue weighted by atomic mass is 32.2. The molecule has 3 rings (SSSR count). The number of hydrogen-bond donors (Lipinski definition) is 0. The first kappa shape index (κ1) is 9.28. The summed E-state index contributed by atoms with van der Waals surface area (Å²) in [6.07, 6.45) is 2.91. The normalized spacial score (nSPS) is 20.1. The van der Waals surface area contributed by atoms with Crippen LogP contribution in [0.15, 0.2) is 29.3 Å². The Balaban J connectivity index is 1.74. The summed E-state index contributed by atoms with van der Waals surface area (Å²) in [4.78, 5) is 4.45. The fourth-order valence-corrected chi connectivity index (χ4v) is 2.43. The van der Waals surface area contributed by atoms with Crippen LogP contribution in [-0.2, 0) is 0 Å². The van der Waals surface area contributed by atoms with E-state index in [9.17, 15) is 0 Å². The van der Waals surface area contributed by atoms with Crippen molar-refractivity contribution in [2.24, 2.45) is 4.99 Å². The number of benzene rings is 1. The molecule has 0 bridgehead atoms. The Morgan fingerprint density at radius 3 is 2.60 bits per heavy atom. The minimum atomic E-state index is 0.481. The molecule has 2 aliphatic rings. The lowest BCUT2D eigenvalue weighted by atomic mass is 10.2. The zero-order valence-electron chi connectivity index (χ0n) is 8.48. The van der Waals surface area contributed by atoms with Crippen molar-refractivity contribution in [2.75, 3.05) is 12.3 Å². The molecule has 2 nitrogen and oxygen atoms in total. The Morgan fingerprint density at radius 2 is 2.00 bits per heavy atom. The third kappa shape index (κ3) is 2.17. The van der Waals surface area contributed by atoms with E-state index < -0.39 is 0 Å². The van der Waals surface area contributed by atoms with Crippen LogP contribution in [0.25, 0.3) is 0 Å². The zero-order valence-corrected chi connectivity index (χ0v) is 9.30. The Labute approximate surface area is 93.7 Å². The van der Waals surface area contributed by atoms with Crippen LogP contribution in [0.4, 0.5) is 0 Å². The van der Waals surface area contributed by atoms with E-state index in [1.54, 1.807) is 0 Å². The first-order chi connectivity index (χ1) is 7.42. The summed E-state index contributed by atoms with van der Waals surface area (Å²) in [5.41, 5.74) is 1.22. The van der Waals surface area contributed by atoms with E-state index in [1.165, 1.54) is 23.4 Å². The molecule has 3 heteroatoms. The van der Waals surface area contributed by atoms with Crippen molar-refractivity contribution >= 4 is 16.8 Å². The molecule has 78 valence electrons. The maximum Gasteiger partial charge on any atom is 0.119 e. The molecule has 0 unspecified atom stereocenters. The SMILES string of the molecule is c1cc(C2=NCCS2)ccc1OC1CC1. The largest absolute Gasteiger partial charge is 0.490 e. The van der Waals surface area contributed by atoms with Crippen LogP contribution in [0.3, 0.4) is 0 Å². The molecule has 0 saturated heterocycles. The molecule has 1 saturated carbocycles. The molecular weight excluding hydrogens is 206 g/mol. The van der Waals surface area contributed by atoms with Gasteiger partial charge in [-0.2, -0.15) is 0 Å². The second-order valence-electron chi connectivity index (χ2n) is 3.88. The van der Waals surface area contributed by atoms with Crippen molar-refractivity contribution in [1.82, 2.24) is 0 Å². The quantitative estimate of drug-likeness (QED) is 0.779. The molecule has 1 heterocycles. The summed E-state index contributed by atoms with van der Waals surface area (Å²) in [6, 6.07) is 8.31. The van der Waals surface area contributed by atoms with Crippen molar-refractivity contribution in [2.45, 2.75) is 18.9 Å². The highest BCUT2D eigenvalue weighted by Crippen LogP contribution is 2.27. The molecule has 1 aliphatic carbocycles. The maximum atomic E-state index is 5.70. The van der Waals surface area contributed by atoms with Crippen molar-refractivity contribution in [3.8, 4) is 5.75 Å². The molecule has 0 aromatic heterocycles. The van der Waals surface area contributed by atoms with Crippen LogP contribution >= 0.6 is 11.8 Å². The van der Waals surface area contributed by atoms with Gasteiger partial charge in [0.25, 0.3) is 0 Å². The molecule has 0 radical (unpaired) electrons. The van der Waals surface area contributed by atoms with Gasteiger partial charge in [0.15, 0.2) is 0 Å². The third-order valence-corrected chi connectivity index (χ3v) is 3.54. The maximum absolute atomic E-state index is 5.70. The minimum Gasteiger partial charge on any atom is -0.490 e. The van der Waals surface area contributed by atoms with Crippen LogP contribution in [-0.4, -0.2) is 23.4 Å². The van der Waals surface area contributed by atoms with E-state index in [1.807, 2.05) is 11.8 Å². The second-order valence-corrected chi connectivity index (χ2v) is 4.96.